The third kappa shape index (κ3) is 1.80. The summed E-state index contributed by atoms with van der Waals surface area (Å²) in [6.07, 6.45) is 0. The van der Waals surface area contributed by atoms with E-state index in [1.54, 1.807) is 19.1 Å². The van der Waals surface area contributed by atoms with Crippen molar-refractivity contribution in [2.24, 2.45) is 0 Å². The number of carboxylic acid groups (broad SMARTS) is 1. The predicted octanol–water partition coefficient (Wildman–Crippen LogP) is 2.70. The van der Waals surface area contributed by atoms with Crippen LogP contribution in [0.3, 0.4) is 0 Å². The van der Waals surface area contributed by atoms with Crippen LogP contribution in [0, 0.1) is 6.92 Å². The summed E-state index contributed by atoms with van der Waals surface area (Å²) in [7, 11) is 0. The first-order valence-corrected chi connectivity index (χ1v) is 4.83. The second-order valence-corrected chi connectivity index (χ2v) is 3.62. The molecule has 0 spiro atoms. The maximum atomic E-state index is 10.7. The lowest BCUT2D eigenvalue weighted by Gasteiger charge is -1.87. The minimum atomic E-state index is -1.14. The summed E-state index contributed by atoms with van der Waals surface area (Å²) in [6, 6.07) is 3.32. The van der Waals surface area contributed by atoms with Crippen LogP contribution in [0.25, 0.3) is 11.7 Å². The van der Waals surface area contributed by atoms with Crippen LogP contribution in [-0.4, -0.2) is 16.1 Å². The Morgan fingerprint density at radius 3 is 2.67 bits per heavy atom. The van der Waals surface area contributed by atoms with Gasteiger partial charge < -0.3 is 13.9 Å². The van der Waals surface area contributed by atoms with Gasteiger partial charge in [0.15, 0.2) is 10.4 Å². The minimum Gasteiger partial charge on any atom is -0.475 e. The van der Waals surface area contributed by atoms with Crippen molar-refractivity contribution in [2.45, 2.75) is 6.92 Å². The number of halogens is 1. The molecule has 1 N–H and O–H groups in total. The number of oxazole rings is 1. The normalized spacial score (nSPS) is 10.5. The van der Waals surface area contributed by atoms with Crippen LogP contribution in [-0.2, 0) is 0 Å². The van der Waals surface area contributed by atoms with Crippen LogP contribution in [0.2, 0.25) is 0 Å². The van der Waals surface area contributed by atoms with E-state index >= 15 is 0 Å². The fraction of sp³-hybridized carbons (Fsp3) is 0.111. The Morgan fingerprint density at radius 2 is 2.20 bits per heavy atom. The molecule has 78 valence electrons. The van der Waals surface area contributed by atoms with Gasteiger partial charge in [-0.1, -0.05) is 0 Å². The number of nitrogens with zero attached hydrogens (tertiary/aromatic N) is 1. The highest BCUT2D eigenvalue weighted by Crippen LogP contribution is 2.26. The summed E-state index contributed by atoms with van der Waals surface area (Å²) in [5, 5.41) is 8.76. The summed E-state index contributed by atoms with van der Waals surface area (Å²) >= 11 is 3.13. The van der Waals surface area contributed by atoms with Gasteiger partial charge >= 0.3 is 5.97 Å². The third-order valence-electron chi connectivity index (χ3n) is 1.77. The number of aromatic carboxylic acids is 1. The molecule has 0 aromatic carbocycles. The van der Waals surface area contributed by atoms with Crippen molar-refractivity contribution in [3.63, 3.8) is 0 Å². The number of aryl methyl sites for hydroxylation is 1. The average Bonchev–Trinajstić information content (AvgIpc) is 2.71. The van der Waals surface area contributed by atoms with E-state index in [2.05, 4.69) is 20.9 Å². The van der Waals surface area contributed by atoms with Crippen LogP contribution in [0.15, 0.2) is 25.6 Å². The van der Waals surface area contributed by atoms with Gasteiger partial charge in [0.2, 0.25) is 5.76 Å². The molecule has 2 rings (SSSR count). The number of carbonyl (C=O) groups is 1. The highest BCUT2D eigenvalue weighted by atomic mass is 79.9. The van der Waals surface area contributed by atoms with Crippen molar-refractivity contribution in [2.75, 3.05) is 0 Å². The Labute approximate surface area is 92.8 Å². The largest absolute Gasteiger partial charge is 0.475 e. The lowest BCUT2D eigenvalue weighted by atomic mass is 10.4. The van der Waals surface area contributed by atoms with Gasteiger partial charge in [0.05, 0.1) is 5.69 Å². The topological polar surface area (TPSA) is 76.5 Å². The molecule has 6 heteroatoms. The van der Waals surface area contributed by atoms with E-state index in [-0.39, 0.29) is 11.7 Å². The lowest BCUT2D eigenvalue weighted by Crippen LogP contribution is -1.95. The standard InChI is InChI=1S/C9H6BrNO4/c1-4-7(9(12)13)15-8(11-4)5-2-3-6(10)14-5/h2-3H,1H3,(H,12,13). The van der Waals surface area contributed by atoms with Crippen molar-refractivity contribution in [1.29, 1.82) is 0 Å². The van der Waals surface area contributed by atoms with Gasteiger partial charge in [0, 0.05) is 0 Å². The molecule has 0 aliphatic carbocycles. The zero-order chi connectivity index (χ0) is 11.0. The van der Waals surface area contributed by atoms with Crippen LogP contribution >= 0.6 is 15.9 Å². The number of furan rings is 1. The van der Waals surface area contributed by atoms with Gasteiger partial charge in [-0.3, -0.25) is 0 Å². The van der Waals surface area contributed by atoms with Crippen LogP contribution in [0.4, 0.5) is 0 Å². The monoisotopic (exact) mass is 271 g/mol. The molecule has 2 aromatic heterocycles. The average molecular weight is 272 g/mol. The molecule has 0 aliphatic heterocycles. The Bertz CT molecular complexity index is 514. The van der Waals surface area contributed by atoms with Gasteiger partial charge in [0.1, 0.15) is 0 Å². The fourth-order valence-corrected chi connectivity index (χ4v) is 1.44. The molecule has 0 fully saturated rings. The van der Waals surface area contributed by atoms with E-state index in [1.165, 1.54) is 0 Å². The second kappa shape index (κ2) is 3.54. The lowest BCUT2D eigenvalue weighted by molar-refractivity contribution is 0.0662. The first-order valence-electron chi connectivity index (χ1n) is 4.04. The maximum absolute atomic E-state index is 10.7. The summed E-state index contributed by atoms with van der Waals surface area (Å²) < 4.78 is 10.8. The molecule has 2 aromatic rings. The molecule has 0 saturated heterocycles. The smallest absolute Gasteiger partial charge is 0.373 e. The quantitative estimate of drug-likeness (QED) is 0.909. The first-order chi connectivity index (χ1) is 7.08. The highest BCUT2D eigenvalue weighted by molar-refractivity contribution is 9.10. The van der Waals surface area contributed by atoms with Gasteiger partial charge in [-0.2, -0.15) is 0 Å². The molecule has 15 heavy (non-hydrogen) atoms. The van der Waals surface area contributed by atoms with Gasteiger partial charge in [-0.05, 0) is 35.0 Å². The first kappa shape index (κ1) is 9.97. The van der Waals surface area contributed by atoms with Crippen molar-refractivity contribution in [3.05, 3.63) is 28.3 Å². The number of hydrogen-bond acceptors (Lipinski definition) is 4. The van der Waals surface area contributed by atoms with Gasteiger partial charge in [-0.15, -0.1) is 0 Å². The second-order valence-electron chi connectivity index (χ2n) is 2.84. The fourth-order valence-electron chi connectivity index (χ4n) is 1.13. The third-order valence-corrected chi connectivity index (χ3v) is 2.20. The van der Waals surface area contributed by atoms with E-state index in [1.807, 2.05) is 0 Å². The maximum Gasteiger partial charge on any atom is 0.373 e. The molecular formula is C9H6BrNO4. The molecule has 5 nitrogen and oxygen atoms in total. The molecule has 0 radical (unpaired) electrons. The van der Waals surface area contributed by atoms with E-state index in [4.69, 9.17) is 13.9 Å². The minimum absolute atomic E-state index is 0.163. The van der Waals surface area contributed by atoms with Crippen molar-refractivity contribution >= 4 is 21.9 Å². The summed E-state index contributed by atoms with van der Waals surface area (Å²) in [4.78, 5) is 14.7. The molecule has 2 heterocycles. The molecule has 0 bridgehead atoms. The van der Waals surface area contributed by atoms with Gasteiger partial charge in [-0.25, -0.2) is 9.78 Å². The summed E-state index contributed by atoms with van der Waals surface area (Å²) in [6.45, 7) is 1.56. The predicted molar refractivity (Wildman–Crippen MR) is 53.6 cm³/mol. The van der Waals surface area contributed by atoms with E-state index in [0.717, 1.165) is 0 Å². The molecule has 0 saturated carbocycles. The molecule has 0 atom stereocenters. The molecule has 0 unspecified atom stereocenters. The van der Waals surface area contributed by atoms with Crippen molar-refractivity contribution in [1.82, 2.24) is 4.98 Å². The van der Waals surface area contributed by atoms with E-state index in [9.17, 15) is 4.79 Å². The molecular weight excluding hydrogens is 266 g/mol. The van der Waals surface area contributed by atoms with E-state index < -0.39 is 5.97 Å². The van der Waals surface area contributed by atoms with E-state index in [0.29, 0.717) is 16.1 Å². The Morgan fingerprint density at radius 1 is 1.47 bits per heavy atom. The SMILES string of the molecule is Cc1nc(-c2ccc(Br)o2)oc1C(=O)O. The Balaban J connectivity index is 2.46. The molecule has 0 amide bonds. The van der Waals surface area contributed by atoms with Gasteiger partial charge in [0.25, 0.3) is 5.89 Å². The van der Waals surface area contributed by atoms with Crippen LogP contribution in [0.5, 0.6) is 0 Å². The summed E-state index contributed by atoms with van der Waals surface area (Å²) in [5.74, 6) is -0.762. The number of rotatable bonds is 2. The van der Waals surface area contributed by atoms with Crippen molar-refractivity contribution in [3.8, 4) is 11.7 Å². The Kier molecular flexibility index (Phi) is 2.36. The zero-order valence-corrected chi connectivity index (χ0v) is 9.24. The van der Waals surface area contributed by atoms with Crippen LogP contribution < -0.4 is 0 Å². The number of aromatic nitrogens is 1. The number of hydrogen-bond donors (Lipinski definition) is 1. The van der Waals surface area contributed by atoms with Crippen molar-refractivity contribution < 1.29 is 18.7 Å². The molecule has 0 aliphatic rings. The zero-order valence-electron chi connectivity index (χ0n) is 7.65. The Hall–Kier alpha value is -1.56. The van der Waals surface area contributed by atoms with Crippen LogP contribution in [0.1, 0.15) is 16.2 Å². The number of carboxylic acids is 1. The highest BCUT2D eigenvalue weighted by Gasteiger charge is 2.18. The summed E-state index contributed by atoms with van der Waals surface area (Å²) in [5.41, 5.74) is 0.324.